The average Bonchev–Trinajstić information content (AvgIpc) is 2.70. The smallest absolute Gasteiger partial charge is 0.255 e. The van der Waals surface area contributed by atoms with Gasteiger partial charge in [-0.2, -0.15) is 0 Å². The van der Waals surface area contributed by atoms with Crippen molar-refractivity contribution < 1.29 is 14.3 Å². The molecular weight excluding hydrogens is 399 g/mol. The Labute approximate surface area is 172 Å². The van der Waals surface area contributed by atoms with Crippen LogP contribution in [0.4, 0.5) is 11.4 Å². The number of amides is 2. The molecule has 0 saturated carbocycles. The summed E-state index contributed by atoms with van der Waals surface area (Å²) in [4.78, 5) is 24.9. The summed E-state index contributed by atoms with van der Waals surface area (Å²) in [5.41, 5.74) is 1.89. The second-order valence-corrected chi connectivity index (χ2v) is 6.66. The average molecular weight is 415 g/mol. The lowest BCUT2D eigenvalue weighted by atomic mass is 10.1. The normalized spacial score (nSPS) is 10.2. The molecule has 0 saturated heterocycles. The number of ether oxygens (including phenoxy) is 1. The van der Waals surface area contributed by atoms with Crippen LogP contribution in [0.2, 0.25) is 10.0 Å². The lowest BCUT2D eigenvalue weighted by Crippen LogP contribution is -2.14. The minimum absolute atomic E-state index is 0.293. The minimum atomic E-state index is -0.355. The molecule has 0 radical (unpaired) electrons. The zero-order chi connectivity index (χ0) is 20.1. The number of hydrogen-bond donors (Lipinski definition) is 2. The third-order valence-corrected chi connectivity index (χ3v) is 4.65. The molecule has 0 unspecified atom stereocenters. The largest absolute Gasteiger partial charge is 0.497 e. The Morgan fingerprint density at radius 2 is 1.39 bits per heavy atom. The molecular formula is C21H16Cl2N2O3. The zero-order valence-electron chi connectivity index (χ0n) is 14.8. The van der Waals surface area contributed by atoms with Crippen LogP contribution in [0, 0.1) is 0 Å². The van der Waals surface area contributed by atoms with Crippen LogP contribution in [0.15, 0.2) is 66.7 Å². The standard InChI is InChI=1S/C21H16Cl2N2O3/c1-28-17-8-6-15(7-9-17)24-20(26)13-3-2-4-16(11-13)25-21(27)14-5-10-18(22)19(23)12-14/h2-12H,1H3,(H,24,26)(H,25,27). The third kappa shape index (κ3) is 4.82. The van der Waals surface area contributed by atoms with Gasteiger partial charge >= 0.3 is 0 Å². The van der Waals surface area contributed by atoms with E-state index in [-0.39, 0.29) is 11.8 Å². The molecule has 28 heavy (non-hydrogen) atoms. The molecule has 0 atom stereocenters. The number of nitrogens with one attached hydrogen (secondary N) is 2. The van der Waals surface area contributed by atoms with E-state index in [1.165, 1.54) is 6.07 Å². The van der Waals surface area contributed by atoms with Gasteiger partial charge in [0.05, 0.1) is 17.2 Å². The number of carbonyl (C=O) groups is 2. The SMILES string of the molecule is COc1ccc(NC(=O)c2cccc(NC(=O)c3ccc(Cl)c(Cl)c3)c2)cc1. The van der Waals surface area contributed by atoms with Gasteiger partial charge in [-0.15, -0.1) is 0 Å². The van der Waals surface area contributed by atoms with Crippen LogP contribution in [-0.4, -0.2) is 18.9 Å². The van der Waals surface area contributed by atoms with Crippen molar-refractivity contribution in [3.8, 4) is 5.75 Å². The predicted octanol–water partition coefficient (Wildman–Crippen LogP) is 5.51. The molecule has 142 valence electrons. The lowest BCUT2D eigenvalue weighted by Gasteiger charge is -2.09. The van der Waals surface area contributed by atoms with Gasteiger partial charge in [0, 0.05) is 22.5 Å². The number of methoxy groups -OCH3 is 1. The molecule has 0 aliphatic rings. The molecule has 3 aromatic rings. The van der Waals surface area contributed by atoms with Crippen molar-refractivity contribution in [1.82, 2.24) is 0 Å². The monoisotopic (exact) mass is 414 g/mol. The molecule has 0 bridgehead atoms. The molecule has 2 N–H and O–H groups in total. The summed E-state index contributed by atoms with van der Waals surface area (Å²) in [6, 6.07) is 18.2. The number of rotatable bonds is 5. The summed E-state index contributed by atoms with van der Waals surface area (Å²) in [6.45, 7) is 0. The van der Waals surface area contributed by atoms with Gasteiger partial charge in [0.25, 0.3) is 11.8 Å². The van der Waals surface area contributed by atoms with E-state index in [1.807, 2.05) is 0 Å². The minimum Gasteiger partial charge on any atom is -0.497 e. The molecule has 0 fully saturated rings. The fourth-order valence-electron chi connectivity index (χ4n) is 2.46. The fourth-order valence-corrected chi connectivity index (χ4v) is 2.75. The summed E-state index contributed by atoms with van der Waals surface area (Å²) < 4.78 is 5.09. The fraction of sp³-hybridized carbons (Fsp3) is 0.0476. The predicted molar refractivity (Wildman–Crippen MR) is 112 cm³/mol. The number of carbonyl (C=O) groups excluding carboxylic acids is 2. The molecule has 5 nitrogen and oxygen atoms in total. The van der Waals surface area contributed by atoms with E-state index >= 15 is 0 Å². The van der Waals surface area contributed by atoms with Gasteiger partial charge in [0.15, 0.2) is 0 Å². The van der Waals surface area contributed by atoms with E-state index in [4.69, 9.17) is 27.9 Å². The zero-order valence-corrected chi connectivity index (χ0v) is 16.3. The van der Waals surface area contributed by atoms with Crippen LogP contribution in [0.5, 0.6) is 5.75 Å². The van der Waals surface area contributed by atoms with Crippen molar-refractivity contribution in [3.63, 3.8) is 0 Å². The van der Waals surface area contributed by atoms with E-state index < -0.39 is 0 Å². The quantitative estimate of drug-likeness (QED) is 0.578. The van der Waals surface area contributed by atoms with E-state index in [9.17, 15) is 9.59 Å². The van der Waals surface area contributed by atoms with Gasteiger partial charge in [-0.05, 0) is 60.7 Å². The Morgan fingerprint density at radius 3 is 2.04 bits per heavy atom. The van der Waals surface area contributed by atoms with E-state index in [2.05, 4.69) is 10.6 Å². The van der Waals surface area contributed by atoms with Crippen LogP contribution in [-0.2, 0) is 0 Å². The summed E-state index contributed by atoms with van der Waals surface area (Å²) >= 11 is 11.8. The van der Waals surface area contributed by atoms with Gasteiger partial charge in [0.1, 0.15) is 5.75 Å². The Hall–Kier alpha value is -3.02. The van der Waals surface area contributed by atoms with Crippen LogP contribution in [0.3, 0.4) is 0 Å². The Balaban J connectivity index is 1.71. The molecule has 0 aliphatic carbocycles. The summed E-state index contributed by atoms with van der Waals surface area (Å²) in [6.07, 6.45) is 0. The van der Waals surface area contributed by atoms with Crippen LogP contribution in [0.1, 0.15) is 20.7 Å². The molecule has 0 spiro atoms. The first kappa shape index (κ1) is 19.7. The lowest BCUT2D eigenvalue weighted by molar-refractivity contribution is 0.101. The van der Waals surface area contributed by atoms with E-state index in [0.29, 0.717) is 38.3 Å². The van der Waals surface area contributed by atoms with E-state index in [0.717, 1.165) is 0 Å². The third-order valence-electron chi connectivity index (χ3n) is 3.91. The van der Waals surface area contributed by atoms with Gasteiger partial charge < -0.3 is 15.4 Å². The topological polar surface area (TPSA) is 67.4 Å². The molecule has 7 heteroatoms. The summed E-state index contributed by atoms with van der Waals surface area (Å²) in [7, 11) is 1.57. The van der Waals surface area contributed by atoms with Gasteiger partial charge in [-0.25, -0.2) is 0 Å². The van der Waals surface area contributed by atoms with Crippen molar-refractivity contribution in [2.45, 2.75) is 0 Å². The first-order valence-corrected chi connectivity index (χ1v) is 9.04. The Bertz CT molecular complexity index is 1020. The highest BCUT2D eigenvalue weighted by atomic mass is 35.5. The van der Waals surface area contributed by atoms with Crippen molar-refractivity contribution in [1.29, 1.82) is 0 Å². The summed E-state index contributed by atoms with van der Waals surface area (Å²) in [5.74, 6) is 0.0482. The highest BCUT2D eigenvalue weighted by Crippen LogP contribution is 2.23. The van der Waals surface area contributed by atoms with E-state index in [1.54, 1.807) is 67.8 Å². The number of anilines is 2. The second-order valence-electron chi connectivity index (χ2n) is 5.85. The van der Waals surface area contributed by atoms with Crippen LogP contribution < -0.4 is 15.4 Å². The van der Waals surface area contributed by atoms with Crippen molar-refractivity contribution in [3.05, 3.63) is 87.9 Å². The van der Waals surface area contributed by atoms with Gasteiger partial charge in [-0.3, -0.25) is 9.59 Å². The van der Waals surface area contributed by atoms with Gasteiger partial charge in [0.2, 0.25) is 0 Å². The molecule has 3 aromatic carbocycles. The first-order chi connectivity index (χ1) is 13.5. The number of benzene rings is 3. The first-order valence-electron chi connectivity index (χ1n) is 8.28. The highest BCUT2D eigenvalue weighted by molar-refractivity contribution is 6.42. The van der Waals surface area contributed by atoms with Crippen LogP contribution in [0.25, 0.3) is 0 Å². The molecule has 0 aliphatic heterocycles. The van der Waals surface area contributed by atoms with Crippen molar-refractivity contribution in [2.75, 3.05) is 17.7 Å². The maximum atomic E-state index is 12.5. The van der Waals surface area contributed by atoms with Crippen LogP contribution >= 0.6 is 23.2 Å². The van der Waals surface area contributed by atoms with Crippen molar-refractivity contribution >= 4 is 46.4 Å². The maximum Gasteiger partial charge on any atom is 0.255 e. The number of hydrogen-bond acceptors (Lipinski definition) is 3. The number of halogens is 2. The Morgan fingerprint density at radius 1 is 0.750 bits per heavy atom. The second kappa shape index (κ2) is 8.78. The summed E-state index contributed by atoms with van der Waals surface area (Å²) in [5, 5.41) is 6.20. The van der Waals surface area contributed by atoms with Gasteiger partial charge in [-0.1, -0.05) is 29.3 Å². The van der Waals surface area contributed by atoms with Crippen molar-refractivity contribution in [2.24, 2.45) is 0 Å². The maximum absolute atomic E-state index is 12.5. The highest BCUT2D eigenvalue weighted by Gasteiger charge is 2.11. The Kier molecular flexibility index (Phi) is 6.19. The molecule has 3 rings (SSSR count). The molecule has 0 aromatic heterocycles. The molecule has 2 amide bonds. The molecule has 0 heterocycles.